The van der Waals surface area contributed by atoms with Crippen molar-refractivity contribution in [3.8, 4) is 0 Å². The number of nitrogen functional groups attached to an aromatic ring is 1. The standard InChI is InChI=1S/C17H24N9O6P/c1-19-10(2-9-4-20-6-21-9)17(28)25-33(29,30)31-5-12-11(27)3-13(32-12)26-8-24-14-15(18)22-7-23-16(14)26/h4,6-8,10-13,19,27H,2-3,5H2,1H3,(H,20,21)(H2,18,22,23)(H2,25,28,29,30)/t10-,11-,12+,13+/m0/s1. The van der Waals surface area contributed by atoms with Gasteiger partial charge in [-0.25, -0.2) is 24.5 Å². The van der Waals surface area contributed by atoms with Crippen LogP contribution in [0.25, 0.3) is 11.2 Å². The van der Waals surface area contributed by atoms with Crippen LogP contribution in [0, 0.1) is 0 Å². The van der Waals surface area contributed by atoms with E-state index in [9.17, 15) is 19.4 Å². The molecule has 15 nitrogen and oxygen atoms in total. The van der Waals surface area contributed by atoms with Gasteiger partial charge >= 0.3 is 7.75 Å². The first-order valence-corrected chi connectivity index (χ1v) is 11.6. The molecule has 16 heteroatoms. The number of carbonyl (C=O) groups is 1. The minimum atomic E-state index is -4.53. The smallest absolute Gasteiger partial charge is 0.390 e. The number of aromatic amines is 1. The van der Waals surface area contributed by atoms with Gasteiger partial charge in [-0.2, -0.15) is 0 Å². The number of hydrogen-bond acceptors (Lipinski definition) is 11. The Labute approximate surface area is 187 Å². The maximum atomic E-state index is 12.4. The average molecular weight is 481 g/mol. The minimum Gasteiger partial charge on any atom is -0.390 e. The van der Waals surface area contributed by atoms with Gasteiger partial charge in [0.25, 0.3) is 0 Å². The lowest BCUT2D eigenvalue weighted by molar-refractivity contribution is -0.121. The summed E-state index contributed by atoms with van der Waals surface area (Å²) in [5.74, 6) is -0.527. The molecule has 0 aliphatic carbocycles. The molecular weight excluding hydrogens is 457 g/mol. The fourth-order valence-corrected chi connectivity index (χ4v) is 4.33. The van der Waals surface area contributed by atoms with Gasteiger partial charge in [0, 0.05) is 19.0 Å². The van der Waals surface area contributed by atoms with Gasteiger partial charge in [0.2, 0.25) is 5.91 Å². The lowest BCUT2D eigenvalue weighted by atomic mass is 10.1. The highest BCUT2D eigenvalue weighted by Crippen LogP contribution is 2.39. The van der Waals surface area contributed by atoms with Crippen LogP contribution in [0.15, 0.2) is 25.2 Å². The van der Waals surface area contributed by atoms with E-state index in [0.717, 1.165) is 0 Å². The molecule has 3 aromatic heterocycles. The summed E-state index contributed by atoms with van der Waals surface area (Å²) in [7, 11) is -2.98. The van der Waals surface area contributed by atoms with Crippen LogP contribution >= 0.6 is 7.75 Å². The molecule has 33 heavy (non-hydrogen) atoms. The summed E-state index contributed by atoms with van der Waals surface area (Å²) >= 11 is 0. The SMILES string of the molecule is CN[C@@H](Cc1c[nH]cn1)C(=O)NP(=O)(O)OC[C@H]1O[C@@H](n2cnc3c(N)ncnc32)C[C@@H]1O. The number of amides is 1. The number of hydrogen-bond donors (Lipinski definition) is 6. The fraction of sp³-hybridized carbons (Fsp3) is 0.471. The highest BCUT2D eigenvalue weighted by atomic mass is 31.2. The maximum absolute atomic E-state index is 12.4. The monoisotopic (exact) mass is 481 g/mol. The molecule has 4 heterocycles. The van der Waals surface area contributed by atoms with Gasteiger partial charge in [-0.3, -0.25) is 19.0 Å². The second-order valence-electron chi connectivity index (χ2n) is 7.41. The van der Waals surface area contributed by atoms with Crippen molar-refractivity contribution in [1.29, 1.82) is 0 Å². The molecule has 1 aliphatic rings. The second kappa shape index (κ2) is 9.51. The Morgan fingerprint density at radius 2 is 2.27 bits per heavy atom. The van der Waals surface area contributed by atoms with E-state index in [-0.39, 0.29) is 18.7 Å². The number of likely N-dealkylation sites (N-methyl/N-ethyl adjacent to an activating group) is 1. The second-order valence-corrected chi connectivity index (χ2v) is 8.94. The Kier molecular flexibility index (Phi) is 6.69. The van der Waals surface area contributed by atoms with Crippen LogP contribution < -0.4 is 16.1 Å². The molecule has 3 aromatic rings. The number of fused-ring (bicyclic) bond motifs is 1. The van der Waals surface area contributed by atoms with E-state index in [1.165, 1.54) is 19.0 Å². The molecule has 1 saturated heterocycles. The molecule has 1 aliphatic heterocycles. The molecule has 1 unspecified atom stereocenters. The molecule has 0 saturated carbocycles. The lowest BCUT2D eigenvalue weighted by Crippen LogP contribution is -2.43. The van der Waals surface area contributed by atoms with E-state index in [0.29, 0.717) is 16.9 Å². The predicted molar refractivity (Wildman–Crippen MR) is 113 cm³/mol. The van der Waals surface area contributed by atoms with Crippen molar-refractivity contribution < 1.29 is 28.6 Å². The summed E-state index contributed by atoms with van der Waals surface area (Å²) in [5, 5.41) is 15.1. The average Bonchev–Trinajstić information content (AvgIpc) is 3.50. The molecule has 0 bridgehead atoms. The van der Waals surface area contributed by atoms with Crippen molar-refractivity contribution in [2.75, 3.05) is 19.4 Å². The van der Waals surface area contributed by atoms with Crippen LogP contribution in [0.3, 0.4) is 0 Å². The molecule has 7 N–H and O–H groups in total. The first-order valence-electron chi connectivity index (χ1n) is 9.98. The number of H-pyrrole nitrogens is 1. The topological polar surface area (TPSA) is 215 Å². The lowest BCUT2D eigenvalue weighted by Gasteiger charge is -2.20. The molecule has 1 amide bonds. The number of aromatic nitrogens is 6. The summed E-state index contributed by atoms with van der Waals surface area (Å²) in [5.41, 5.74) is 7.21. The van der Waals surface area contributed by atoms with Crippen molar-refractivity contribution in [1.82, 2.24) is 39.9 Å². The van der Waals surface area contributed by atoms with Gasteiger partial charge in [-0.05, 0) is 7.05 Å². The van der Waals surface area contributed by atoms with Crippen molar-refractivity contribution >= 4 is 30.6 Å². The Morgan fingerprint density at radius 1 is 1.45 bits per heavy atom. The molecule has 0 aromatic carbocycles. The highest BCUT2D eigenvalue weighted by molar-refractivity contribution is 7.51. The molecule has 5 atom stereocenters. The van der Waals surface area contributed by atoms with Gasteiger partial charge in [-0.1, -0.05) is 0 Å². The van der Waals surface area contributed by atoms with E-state index >= 15 is 0 Å². The summed E-state index contributed by atoms with van der Waals surface area (Å²) in [6, 6.07) is -0.806. The van der Waals surface area contributed by atoms with Crippen molar-refractivity contribution in [2.45, 2.75) is 37.3 Å². The van der Waals surface area contributed by atoms with Crippen molar-refractivity contribution in [3.63, 3.8) is 0 Å². The highest BCUT2D eigenvalue weighted by Gasteiger charge is 2.38. The normalized spacial score (nSPS) is 23.4. The third-order valence-corrected chi connectivity index (χ3v) is 6.20. The Morgan fingerprint density at radius 3 is 3.00 bits per heavy atom. The van der Waals surface area contributed by atoms with Crippen molar-refractivity contribution in [2.24, 2.45) is 0 Å². The third-order valence-electron chi connectivity index (χ3n) is 5.20. The number of nitrogens with one attached hydrogen (secondary N) is 3. The number of aliphatic hydroxyl groups excluding tert-OH is 1. The number of aliphatic hydroxyl groups is 1. The summed E-state index contributed by atoms with van der Waals surface area (Å²) in [6.07, 6.45) is 3.63. The quantitative estimate of drug-likeness (QED) is 0.200. The van der Waals surface area contributed by atoms with E-state index in [4.69, 9.17) is 15.0 Å². The van der Waals surface area contributed by atoms with Crippen LogP contribution in [-0.2, 0) is 25.0 Å². The number of imidazole rings is 2. The van der Waals surface area contributed by atoms with Gasteiger partial charge in [0.15, 0.2) is 11.5 Å². The minimum absolute atomic E-state index is 0.164. The van der Waals surface area contributed by atoms with E-state index < -0.39 is 44.7 Å². The number of nitrogens with two attached hydrogens (primary N) is 1. The number of rotatable bonds is 9. The zero-order valence-corrected chi connectivity index (χ0v) is 18.4. The van der Waals surface area contributed by atoms with E-state index in [2.05, 4.69) is 30.2 Å². The first-order chi connectivity index (χ1) is 15.8. The summed E-state index contributed by atoms with van der Waals surface area (Å²) in [6.45, 7) is -0.431. The zero-order valence-electron chi connectivity index (χ0n) is 17.5. The van der Waals surface area contributed by atoms with E-state index in [1.54, 1.807) is 17.8 Å². The number of ether oxygens (including phenoxy) is 1. The Balaban J connectivity index is 1.34. The number of anilines is 1. The molecule has 0 radical (unpaired) electrons. The van der Waals surface area contributed by atoms with E-state index in [1.807, 2.05) is 5.09 Å². The molecule has 1 fully saturated rings. The van der Waals surface area contributed by atoms with Crippen LogP contribution in [0.2, 0.25) is 0 Å². The van der Waals surface area contributed by atoms with Gasteiger partial charge in [-0.15, -0.1) is 0 Å². The molecule has 178 valence electrons. The van der Waals surface area contributed by atoms with Crippen LogP contribution in [0.5, 0.6) is 0 Å². The van der Waals surface area contributed by atoms with Crippen LogP contribution in [0.1, 0.15) is 18.3 Å². The third kappa shape index (κ3) is 5.19. The summed E-state index contributed by atoms with van der Waals surface area (Å²) in [4.78, 5) is 41.5. The predicted octanol–water partition coefficient (Wildman–Crippen LogP) is -1.16. The fourth-order valence-electron chi connectivity index (χ4n) is 3.48. The first kappa shape index (κ1) is 23.2. The van der Waals surface area contributed by atoms with Gasteiger partial charge < -0.3 is 30.8 Å². The zero-order chi connectivity index (χ0) is 23.6. The largest absolute Gasteiger partial charge is 0.432 e. The Bertz CT molecular complexity index is 1160. The van der Waals surface area contributed by atoms with Crippen molar-refractivity contribution in [3.05, 3.63) is 30.9 Å². The molecule has 4 rings (SSSR count). The van der Waals surface area contributed by atoms with Crippen LogP contribution in [-0.4, -0.2) is 77.3 Å². The van der Waals surface area contributed by atoms with Crippen LogP contribution in [0.4, 0.5) is 5.82 Å². The Hall–Kier alpha value is -2.94. The number of nitrogens with zero attached hydrogens (tertiary/aromatic N) is 5. The number of carbonyl (C=O) groups excluding carboxylic acids is 1. The molecule has 0 spiro atoms. The van der Waals surface area contributed by atoms with Gasteiger partial charge in [0.05, 0.1) is 37.1 Å². The van der Waals surface area contributed by atoms with Gasteiger partial charge in [0.1, 0.15) is 24.2 Å². The maximum Gasteiger partial charge on any atom is 0.432 e. The molecular formula is C17H24N9O6P. The summed E-state index contributed by atoms with van der Waals surface area (Å²) < 4.78 is 24.8.